The Bertz CT molecular complexity index is 895. The van der Waals surface area contributed by atoms with E-state index in [1.54, 1.807) is 12.4 Å². The number of hydrogen-bond acceptors (Lipinski definition) is 7. The van der Waals surface area contributed by atoms with Gasteiger partial charge in [0.1, 0.15) is 5.65 Å². The van der Waals surface area contributed by atoms with Crippen molar-refractivity contribution in [1.29, 1.82) is 0 Å². The largest absolute Gasteiger partial charge is 0.368 e. The number of nitrogens with two attached hydrogens (primary N) is 1. The first-order chi connectivity index (χ1) is 11.8. The average Bonchev–Trinajstić information content (AvgIpc) is 3.21. The van der Waals surface area contributed by atoms with Crippen LogP contribution in [-0.4, -0.2) is 37.5 Å². The Kier molecular flexibility index (Phi) is 3.81. The van der Waals surface area contributed by atoms with Gasteiger partial charge in [-0.15, -0.1) is 0 Å². The molecule has 3 N–H and O–H groups in total. The van der Waals surface area contributed by atoms with Gasteiger partial charge in [0, 0.05) is 30.7 Å². The van der Waals surface area contributed by atoms with E-state index in [4.69, 9.17) is 5.73 Å². The third kappa shape index (κ3) is 2.48. The van der Waals surface area contributed by atoms with Gasteiger partial charge in [0.2, 0.25) is 5.95 Å². The number of nitrogens with one attached hydrogen (secondary N) is 1. The van der Waals surface area contributed by atoms with Crippen LogP contribution in [0.5, 0.6) is 0 Å². The van der Waals surface area contributed by atoms with E-state index in [1.807, 2.05) is 18.3 Å². The molecule has 8 heteroatoms. The molecule has 1 saturated heterocycles. The fraction of sp³-hybridized carbons (Fsp3) is 0.250. The van der Waals surface area contributed by atoms with E-state index in [0.29, 0.717) is 0 Å². The molecule has 4 heterocycles. The number of aromatic nitrogens is 4. The highest BCUT2D eigenvalue weighted by molar-refractivity contribution is 8.12. The van der Waals surface area contributed by atoms with E-state index in [-0.39, 0.29) is 11.3 Å². The molecule has 3 aromatic heterocycles. The van der Waals surface area contributed by atoms with E-state index in [1.165, 1.54) is 11.8 Å². The van der Waals surface area contributed by atoms with Gasteiger partial charge in [-0.1, -0.05) is 11.8 Å². The van der Waals surface area contributed by atoms with Crippen molar-refractivity contribution < 1.29 is 4.79 Å². The molecule has 1 aliphatic heterocycles. The van der Waals surface area contributed by atoms with Crippen LogP contribution in [0.4, 0.5) is 11.6 Å². The van der Waals surface area contributed by atoms with Gasteiger partial charge < -0.3 is 15.6 Å². The molecule has 0 bridgehead atoms. The normalized spacial score (nSPS) is 17.5. The van der Waals surface area contributed by atoms with Gasteiger partial charge in [-0.05, 0) is 25.0 Å². The second-order valence-corrected chi connectivity index (χ2v) is 6.59. The average molecular weight is 340 g/mol. The third-order valence-corrected chi connectivity index (χ3v) is 5.14. The molecule has 0 radical (unpaired) electrons. The standard InChI is InChI=1S/C16H16N6OS/c17-16-19-5-3-11(21-16)10-8-20-15-14(10)12(4-6-18-15)22-7-1-2-13(22)24-9-23/h3-6,8-9,13H,1-2,7H2,(H,18,20)(H2,17,19,21)/t13-/m1/s1. The van der Waals surface area contributed by atoms with E-state index < -0.39 is 0 Å². The molecule has 0 amide bonds. The number of thioether (sulfide) groups is 1. The Morgan fingerprint density at radius 1 is 1.33 bits per heavy atom. The summed E-state index contributed by atoms with van der Waals surface area (Å²) in [5, 5.41) is 1.15. The highest BCUT2D eigenvalue weighted by atomic mass is 32.2. The lowest BCUT2D eigenvalue weighted by Crippen LogP contribution is -2.26. The molecule has 122 valence electrons. The maximum absolute atomic E-state index is 11.0. The summed E-state index contributed by atoms with van der Waals surface area (Å²) in [6.07, 6.45) is 7.38. The van der Waals surface area contributed by atoms with Crippen LogP contribution in [0, 0.1) is 0 Å². The first-order valence-electron chi connectivity index (χ1n) is 7.68. The highest BCUT2D eigenvalue weighted by Gasteiger charge is 2.27. The molecular weight excluding hydrogens is 324 g/mol. The fourth-order valence-electron chi connectivity index (χ4n) is 3.22. The number of carbonyl (C=O) groups excluding carboxylic acids is 1. The van der Waals surface area contributed by atoms with Crippen LogP contribution in [0.25, 0.3) is 22.3 Å². The van der Waals surface area contributed by atoms with Crippen molar-refractivity contribution in [2.75, 3.05) is 17.2 Å². The van der Waals surface area contributed by atoms with Crippen molar-refractivity contribution in [2.24, 2.45) is 0 Å². The number of fused-ring (bicyclic) bond motifs is 1. The maximum atomic E-state index is 11.0. The van der Waals surface area contributed by atoms with Crippen molar-refractivity contribution >= 4 is 40.0 Å². The number of rotatable bonds is 4. The van der Waals surface area contributed by atoms with Crippen molar-refractivity contribution in [3.8, 4) is 11.3 Å². The number of nitrogen functional groups attached to an aromatic ring is 1. The summed E-state index contributed by atoms with van der Waals surface area (Å²) >= 11 is 1.33. The summed E-state index contributed by atoms with van der Waals surface area (Å²) in [7, 11) is 0. The predicted octanol–water partition coefficient (Wildman–Crippen LogP) is 2.45. The molecule has 0 aromatic carbocycles. The maximum Gasteiger partial charge on any atom is 0.220 e. The summed E-state index contributed by atoms with van der Waals surface area (Å²) in [5.74, 6) is 0.239. The lowest BCUT2D eigenvalue weighted by molar-refractivity contribution is 0.569. The Balaban J connectivity index is 1.87. The fourth-order valence-corrected chi connectivity index (χ4v) is 4.02. The molecule has 0 aliphatic carbocycles. The van der Waals surface area contributed by atoms with Gasteiger partial charge in [-0.2, -0.15) is 0 Å². The minimum atomic E-state index is 0.159. The van der Waals surface area contributed by atoms with Gasteiger partial charge in [0.25, 0.3) is 0 Å². The van der Waals surface area contributed by atoms with Crippen LogP contribution in [0.1, 0.15) is 12.8 Å². The summed E-state index contributed by atoms with van der Waals surface area (Å²) < 4.78 is 0. The zero-order valence-corrected chi connectivity index (χ0v) is 13.7. The number of pyridine rings is 1. The Morgan fingerprint density at radius 3 is 3.04 bits per heavy atom. The third-order valence-electron chi connectivity index (χ3n) is 4.22. The molecule has 0 saturated carbocycles. The molecule has 3 aromatic rings. The number of aromatic amines is 1. The zero-order chi connectivity index (χ0) is 16.5. The summed E-state index contributed by atoms with van der Waals surface area (Å²) in [5.41, 5.74) is 10.2. The van der Waals surface area contributed by atoms with Crippen molar-refractivity contribution in [3.63, 3.8) is 0 Å². The minimum absolute atomic E-state index is 0.159. The van der Waals surface area contributed by atoms with Crippen LogP contribution in [0.3, 0.4) is 0 Å². The predicted molar refractivity (Wildman–Crippen MR) is 96.2 cm³/mol. The quantitative estimate of drug-likeness (QED) is 0.703. The molecule has 24 heavy (non-hydrogen) atoms. The lowest BCUT2D eigenvalue weighted by Gasteiger charge is -2.25. The SMILES string of the molecule is Nc1nccc(-c2c[nH]c3nccc(N4CCC[C@H]4SC=O)c23)n1. The second kappa shape index (κ2) is 6.12. The van der Waals surface area contributed by atoms with Gasteiger partial charge in [-0.3, -0.25) is 4.79 Å². The van der Waals surface area contributed by atoms with E-state index >= 15 is 0 Å². The Morgan fingerprint density at radius 2 is 2.21 bits per heavy atom. The van der Waals surface area contributed by atoms with Crippen LogP contribution >= 0.6 is 11.8 Å². The van der Waals surface area contributed by atoms with Gasteiger partial charge in [0.05, 0.1) is 22.1 Å². The molecule has 0 spiro atoms. The first-order valence-corrected chi connectivity index (χ1v) is 8.63. The molecular formula is C16H16N6OS. The lowest BCUT2D eigenvalue weighted by atomic mass is 10.1. The number of hydrogen-bond donors (Lipinski definition) is 2. The zero-order valence-electron chi connectivity index (χ0n) is 12.8. The van der Waals surface area contributed by atoms with Gasteiger partial charge in [-0.25, -0.2) is 15.0 Å². The number of nitrogens with zero attached hydrogens (tertiary/aromatic N) is 4. The van der Waals surface area contributed by atoms with Crippen molar-refractivity contribution in [1.82, 2.24) is 19.9 Å². The smallest absolute Gasteiger partial charge is 0.220 e. The molecule has 1 aliphatic rings. The molecule has 0 unspecified atom stereocenters. The van der Waals surface area contributed by atoms with Crippen molar-refractivity contribution in [3.05, 3.63) is 30.7 Å². The van der Waals surface area contributed by atoms with Crippen LogP contribution in [0.2, 0.25) is 0 Å². The minimum Gasteiger partial charge on any atom is -0.368 e. The molecule has 7 nitrogen and oxygen atoms in total. The number of anilines is 2. The monoisotopic (exact) mass is 340 g/mol. The summed E-state index contributed by atoms with van der Waals surface area (Å²) in [6, 6.07) is 3.82. The van der Waals surface area contributed by atoms with Gasteiger partial charge in [0.15, 0.2) is 5.62 Å². The summed E-state index contributed by atoms with van der Waals surface area (Å²) in [6.45, 7) is 0.918. The molecule has 1 atom stereocenters. The highest BCUT2D eigenvalue weighted by Crippen LogP contribution is 2.39. The second-order valence-electron chi connectivity index (χ2n) is 5.58. The number of carbonyl (C=O) groups is 1. The molecule has 4 rings (SSSR count). The Labute approximate surface area is 142 Å². The van der Waals surface area contributed by atoms with Gasteiger partial charge >= 0.3 is 0 Å². The van der Waals surface area contributed by atoms with E-state index in [2.05, 4.69) is 24.8 Å². The van der Waals surface area contributed by atoms with Crippen molar-refractivity contribution in [2.45, 2.75) is 18.2 Å². The first kappa shape index (κ1) is 14.9. The van der Waals surface area contributed by atoms with Crippen LogP contribution in [0.15, 0.2) is 30.7 Å². The van der Waals surface area contributed by atoms with Crippen LogP contribution in [-0.2, 0) is 4.79 Å². The van der Waals surface area contributed by atoms with Crippen LogP contribution < -0.4 is 10.6 Å². The summed E-state index contributed by atoms with van der Waals surface area (Å²) in [4.78, 5) is 29.1. The Hall–Kier alpha value is -2.61. The van der Waals surface area contributed by atoms with E-state index in [0.717, 1.165) is 53.0 Å². The number of H-pyrrole nitrogens is 1. The molecule has 1 fully saturated rings. The van der Waals surface area contributed by atoms with E-state index in [9.17, 15) is 4.79 Å². The topological polar surface area (TPSA) is 101 Å².